The number of fused-ring (bicyclic) bond motifs is 5. The van der Waals surface area contributed by atoms with Crippen LogP contribution in [0.3, 0.4) is 0 Å². The topological polar surface area (TPSA) is 68.2 Å². The quantitative estimate of drug-likeness (QED) is 0.886. The molecule has 6 heteroatoms. The molecule has 1 aliphatic carbocycles. The predicted octanol–water partition coefficient (Wildman–Crippen LogP) is 2.74. The standard InChI is InChI=1S/C22H23NO5/c1-13-21-27-19(20(11-24)28-21)10-23(13)22(25)26-12-18-16-8-4-2-6-14(16)15-7-3-5-9-17(15)18/h2-9,13,18-21,24H,10-12H2,1H3/t13-,19+,20-,21+/m1/s1. The van der Waals surface area contributed by atoms with Crippen LogP contribution in [0.1, 0.15) is 24.0 Å². The number of aliphatic hydroxyl groups excluding tert-OH is 1. The Hall–Kier alpha value is -2.41. The van der Waals surface area contributed by atoms with Gasteiger partial charge in [0.2, 0.25) is 0 Å². The number of hydrogen-bond donors (Lipinski definition) is 1. The van der Waals surface area contributed by atoms with E-state index in [1.807, 2.05) is 31.2 Å². The maximum Gasteiger partial charge on any atom is 0.410 e. The van der Waals surface area contributed by atoms with Crippen LogP contribution in [0.5, 0.6) is 0 Å². The molecule has 2 aromatic rings. The van der Waals surface area contributed by atoms with E-state index >= 15 is 0 Å². The highest BCUT2D eigenvalue weighted by Gasteiger charge is 2.48. The summed E-state index contributed by atoms with van der Waals surface area (Å²) in [7, 11) is 0. The normalized spacial score (nSPS) is 28.1. The number of hydrogen-bond acceptors (Lipinski definition) is 5. The summed E-state index contributed by atoms with van der Waals surface area (Å²) in [5, 5.41) is 9.42. The Bertz CT molecular complexity index is 855. The summed E-state index contributed by atoms with van der Waals surface area (Å²) < 4.78 is 17.2. The van der Waals surface area contributed by atoms with Crippen molar-refractivity contribution in [3.05, 3.63) is 59.7 Å². The first kappa shape index (κ1) is 17.7. The van der Waals surface area contributed by atoms with Gasteiger partial charge in [-0.05, 0) is 29.2 Å². The van der Waals surface area contributed by atoms with Crippen molar-refractivity contribution in [2.24, 2.45) is 0 Å². The largest absolute Gasteiger partial charge is 0.448 e. The summed E-state index contributed by atoms with van der Waals surface area (Å²) in [4.78, 5) is 14.5. The lowest BCUT2D eigenvalue weighted by atomic mass is 9.98. The molecule has 0 unspecified atom stereocenters. The molecule has 2 aliphatic heterocycles. The Morgan fingerprint density at radius 1 is 1.11 bits per heavy atom. The highest BCUT2D eigenvalue weighted by molar-refractivity contribution is 5.79. The van der Waals surface area contributed by atoms with Gasteiger partial charge in [-0.2, -0.15) is 0 Å². The van der Waals surface area contributed by atoms with E-state index in [0.29, 0.717) is 6.54 Å². The minimum atomic E-state index is -0.517. The van der Waals surface area contributed by atoms with Gasteiger partial charge in [-0.3, -0.25) is 4.90 Å². The zero-order valence-corrected chi connectivity index (χ0v) is 15.7. The van der Waals surface area contributed by atoms with E-state index in [9.17, 15) is 9.90 Å². The van der Waals surface area contributed by atoms with Gasteiger partial charge < -0.3 is 19.3 Å². The monoisotopic (exact) mass is 381 g/mol. The molecular formula is C22H23NO5. The Balaban J connectivity index is 1.32. The van der Waals surface area contributed by atoms with E-state index in [-0.39, 0.29) is 43.5 Å². The van der Waals surface area contributed by atoms with Crippen molar-refractivity contribution < 1.29 is 24.1 Å². The van der Waals surface area contributed by atoms with Crippen LogP contribution in [0.4, 0.5) is 4.79 Å². The van der Waals surface area contributed by atoms with E-state index in [1.54, 1.807) is 4.90 Å². The van der Waals surface area contributed by atoms with Crippen molar-refractivity contribution in [3.63, 3.8) is 0 Å². The third-order valence-corrected chi connectivity index (χ3v) is 6.05. The molecule has 0 saturated carbocycles. The lowest BCUT2D eigenvalue weighted by molar-refractivity contribution is -0.136. The number of carbonyl (C=O) groups excluding carboxylic acids is 1. The van der Waals surface area contributed by atoms with Gasteiger partial charge in [-0.15, -0.1) is 0 Å². The molecule has 5 rings (SSSR count). The number of carbonyl (C=O) groups is 1. The van der Waals surface area contributed by atoms with Crippen LogP contribution < -0.4 is 0 Å². The smallest absolute Gasteiger partial charge is 0.410 e. The first-order valence-corrected chi connectivity index (χ1v) is 9.70. The van der Waals surface area contributed by atoms with E-state index in [2.05, 4.69) is 24.3 Å². The summed E-state index contributed by atoms with van der Waals surface area (Å²) in [6.07, 6.45) is -1.59. The molecule has 4 atom stereocenters. The molecule has 6 nitrogen and oxygen atoms in total. The third kappa shape index (κ3) is 2.71. The third-order valence-electron chi connectivity index (χ3n) is 6.05. The molecule has 2 heterocycles. The number of amides is 1. The van der Waals surface area contributed by atoms with Crippen molar-refractivity contribution in [3.8, 4) is 11.1 Å². The number of nitrogens with zero attached hydrogens (tertiary/aromatic N) is 1. The van der Waals surface area contributed by atoms with Crippen LogP contribution in [0, 0.1) is 0 Å². The highest BCUT2D eigenvalue weighted by Crippen LogP contribution is 2.44. The SMILES string of the molecule is C[C@@H]1[C@H]2O[C@@H](CN1C(=O)OCC1c3ccccc3-c3ccccc31)[C@@H](CO)O2. The lowest BCUT2D eigenvalue weighted by Crippen LogP contribution is -2.53. The molecule has 2 fully saturated rings. The van der Waals surface area contributed by atoms with E-state index < -0.39 is 6.29 Å². The summed E-state index contributed by atoms with van der Waals surface area (Å²) in [5.74, 6) is 0.0332. The van der Waals surface area contributed by atoms with Crippen molar-refractivity contribution in [1.29, 1.82) is 0 Å². The number of benzene rings is 2. The minimum absolute atomic E-state index is 0.0332. The molecule has 1 N–H and O–H groups in total. The van der Waals surface area contributed by atoms with Crippen LogP contribution in [-0.2, 0) is 14.2 Å². The van der Waals surface area contributed by atoms with E-state index in [0.717, 1.165) is 0 Å². The number of rotatable bonds is 3. The Kier molecular flexibility index (Phi) is 4.34. The molecular weight excluding hydrogens is 358 g/mol. The fraction of sp³-hybridized carbons (Fsp3) is 0.409. The maximum atomic E-state index is 12.8. The molecule has 2 saturated heterocycles. The second kappa shape index (κ2) is 6.88. The summed E-state index contributed by atoms with van der Waals surface area (Å²) in [6.45, 7) is 2.41. The zero-order valence-electron chi connectivity index (χ0n) is 15.7. The summed E-state index contributed by atoms with van der Waals surface area (Å²) in [6, 6.07) is 16.3. The van der Waals surface area contributed by atoms with Crippen molar-refractivity contribution >= 4 is 6.09 Å². The molecule has 1 amide bonds. The van der Waals surface area contributed by atoms with E-state index in [4.69, 9.17) is 14.2 Å². The first-order valence-electron chi connectivity index (χ1n) is 9.70. The van der Waals surface area contributed by atoms with Gasteiger partial charge in [-0.25, -0.2) is 4.79 Å². The van der Waals surface area contributed by atoms with Crippen LogP contribution >= 0.6 is 0 Å². The highest BCUT2D eigenvalue weighted by atomic mass is 16.7. The molecule has 0 spiro atoms. The summed E-state index contributed by atoms with van der Waals surface area (Å²) in [5.41, 5.74) is 4.79. The van der Waals surface area contributed by atoms with Gasteiger partial charge in [0, 0.05) is 5.92 Å². The molecule has 146 valence electrons. The van der Waals surface area contributed by atoms with Crippen molar-refractivity contribution in [1.82, 2.24) is 4.90 Å². The number of ether oxygens (including phenoxy) is 3. The predicted molar refractivity (Wildman–Crippen MR) is 102 cm³/mol. The van der Waals surface area contributed by atoms with Crippen LogP contribution in [0.2, 0.25) is 0 Å². The van der Waals surface area contributed by atoms with Crippen molar-refractivity contribution in [2.45, 2.75) is 37.4 Å². The lowest BCUT2D eigenvalue weighted by Gasteiger charge is -2.36. The molecule has 0 radical (unpaired) electrons. The molecule has 2 aromatic carbocycles. The Labute approximate surface area is 163 Å². The van der Waals surface area contributed by atoms with E-state index in [1.165, 1.54) is 22.3 Å². The Morgan fingerprint density at radius 3 is 2.39 bits per heavy atom. The molecule has 2 bridgehead atoms. The van der Waals surface area contributed by atoms with Gasteiger partial charge in [0.15, 0.2) is 6.29 Å². The second-order valence-electron chi connectivity index (χ2n) is 7.60. The van der Waals surface area contributed by atoms with Crippen LogP contribution in [0.25, 0.3) is 11.1 Å². The van der Waals surface area contributed by atoms with Crippen LogP contribution in [-0.4, -0.2) is 60.4 Å². The van der Waals surface area contributed by atoms with Crippen LogP contribution in [0.15, 0.2) is 48.5 Å². The fourth-order valence-electron chi connectivity index (χ4n) is 4.53. The number of morpholine rings is 1. The first-order chi connectivity index (χ1) is 13.7. The average molecular weight is 381 g/mol. The Morgan fingerprint density at radius 2 is 1.75 bits per heavy atom. The second-order valence-corrected chi connectivity index (χ2v) is 7.60. The minimum Gasteiger partial charge on any atom is -0.448 e. The summed E-state index contributed by atoms with van der Waals surface area (Å²) >= 11 is 0. The maximum absolute atomic E-state index is 12.8. The molecule has 28 heavy (non-hydrogen) atoms. The fourth-order valence-corrected chi connectivity index (χ4v) is 4.53. The van der Waals surface area contributed by atoms with Gasteiger partial charge in [-0.1, -0.05) is 48.5 Å². The van der Waals surface area contributed by atoms with Gasteiger partial charge in [0.25, 0.3) is 0 Å². The van der Waals surface area contributed by atoms with Gasteiger partial charge in [0.05, 0.1) is 19.2 Å². The molecule has 3 aliphatic rings. The molecule has 0 aromatic heterocycles. The number of aliphatic hydroxyl groups is 1. The van der Waals surface area contributed by atoms with Crippen molar-refractivity contribution in [2.75, 3.05) is 19.8 Å². The van der Waals surface area contributed by atoms with Gasteiger partial charge >= 0.3 is 6.09 Å². The zero-order chi connectivity index (χ0) is 19.3. The average Bonchev–Trinajstić information content (AvgIpc) is 3.25. The van der Waals surface area contributed by atoms with Gasteiger partial charge in [0.1, 0.15) is 18.8 Å².